The number of rotatable bonds is 5. The molecule has 0 aliphatic rings. The summed E-state index contributed by atoms with van der Waals surface area (Å²) >= 11 is 3.59. The van der Waals surface area contributed by atoms with Crippen LogP contribution in [0.15, 0.2) is 12.1 Å². The van der Waals surface area contributed by atoms with Gasteiger partial charge in [0.1, 0.15) is 0 Å². The Balaban J connectivity index is 2.41. The van der Waals surface area contributed by atoms with E-state index < -0.39 is 0 Å². The largest absolute Gasteiger partial charge is 0.466 e. The number of carbonyl (C=O) groups excluding carboxylic acids is 1. The van der Waals surface area contributed by atoms with Gasteiger partial charge in [-0.25, -0.2) is 0 Å². The van der Waals surface area contributed by atoms with Crippen LogP contribution in [0.3, 0.4) is 0 Å². The third-order valence-corrected chi connectivity index (χ3v) is 5.55. The second-order valence-electron chi connectivity index (χ2n) is 5.30. The van der Waals surface area contributed by atoms with Gasteiger partial charge in [0.2, 0.25) is 0 Å². The van der Waals surface area contributed by atoms with Crippen LogP contribution >= 0.6 is 22.7 Å². The van der Waals surface area contributed by atoms with E-state index in [1.54, 1.807) is 22.7 Å². The molecule has 0 fully saturated rings. The van der Waals surface area contributed by atoms with Gasteiger partial charge in [0.05, 0.1) is 13.0 Å². The molecule has 2 nitrogen and oxygen atoms in total. The maximum atomic E-state index is 12.0. The third kappa shape index (κ3) is 3.74. The van der Waals surface area contributed by atoms with Gasteiger partial charge < -0.3 is 4.74 Å². The van der Waals surface area contributed by atoms with Gasteiger partial charge in [-0.05, 0) is 57.9 Å². The number of carbonyl (C=O) groups is 1. The van der Waals surface area contributed by atoms with Crippen molar-refractivity contribution < 1.29 is 9.53 Å². The molecule has 0 saturated carbocycles. The molecule has 114 valence electrons. The Bertz CT molecular complexity index is 591. The van der Waals surface area contributed by atoms with Crippen LogP contribution in [0.25, 0.3) is 0 Å². The lowest BCUT2D eigenvalue weighted by molar-refractivity contribution is -0.143. The van der Waals surface area contributed by atoms with Crippen molar-refractivity contribution in [3.8, 4) is 0 Å². The van der Waals surface area contributed by atoms with E-state index in [2.05, 4.69) is 39.8 Å². The van der Waals surface area contributed by atoms with Crippen LogP contribution in [-0.4, -0.2) is 12.6 Å². The zero-order chi connectivity index (χ0) is 15.6. The standard InChI is InChI=1S/C17H22O2S2/c1-6-19-17(18)9-16(14-7-10(2)20-12(14)4)15-8-11(3)21-13(15)5/h7-8,16H,6,9H2,1-5H3. The van der Waals surface area contributed by atoms with E-state index in [-0.39, 0.29) is 11.9 Å². The average molecular weight is 322 g/mol. The first-order chi connectivity index (χ1) is 9.92. The van der Waals surface area contributed by atoms with Crippen LogP contribution in [0.1, 0.15) is 49.9 Å². The Kier molecular flexibility index (Phi) is 5.22. The molecule has 2 heterocycles. The van der Waals surface area contributed by atoms with E-state index in [4.69, 9.17) is 4.74 Å². The van der Waals surface area contributed by atoms with Gasteiger partial charge in [-0.15, -0.1) is 22.7 Å². The van der Waals surface area contributed by atoms with Gasteiger partial charge in [0.25, 0.3) is 0 Å². The number of hydrogen-bond acceptors (Lipinski definition) is 4. The summed E-state index contributed by atoms with van der Waals surface area (Å²) in [5.41, 5.74) is 2.54. The predicted octanol–water partition coefficient (Wildman–Crippen LogP) is 5.13. The van der Waals surface area contributed by atoms with Crippen molar-refractivity contribution in [2.45, 2.75) is 47.0 Å². The lowest BCUT2D eigenvalue weighted by atomic mass is 9.89. The molecule has 0 amide bonds. The molecule has 2 rings (SSSR count). The minimum atomic E-state index is -0.117. The maximum Gasteiger partial charge on any atom is 0.306 e. The highest BCUT2D eigenvalue weighted by Gasteiger charge is 2.24. The highest BCUT2D eigenvalue weighted by molar-refractivity contribution is 7.12. The van der Waals surface area contributed by atoms with Crippen molar-refractivity contribution in [1.82, 2.24) is 0 Å². The summed E-state index contributed by atoms with van der Waals surface area (Å²) < 4.78 is 5.18. The van der Waals surface area contributed by atoms with Gasteiger partial charge in [-0.1, -0.05) is 0 Å². The molecule has 21 heavy (non-hydrogen) atoms. The SMILES string of the molecule is CCOC(=O)CC(c1cc(C)sc1C)c1cc(C)sc1C. The molecule has 0 spiro atoms. The summed E-state index contributed by atoms with van der Waals surface area (Å²) in [5, 5.41) is 0. The molecule has 0 unspecified atom stereocenters. The highest BCUT2D eigenvalue weighted by Crippen LogP contribution is 2.38. The van der Waals surface area contributed by atoms with Gasteiger partial charge >= 0.3 is 5.97 Å². The number of aryl methyl sites for hydroxylation is 4. The average Bonchev–Trinajstić information content (AvgIpc) is 2.89. The lowest BCUT2D eigenvalue weighted by Crippen LogP contribution is -2.12. The Morgan fingerprint density at radius 3 is 1.86 bits per heavy atom. The van der Waals surface area contributed by atoms with Crippen LogP contribution in [0.2, 0.25) is 0 Å². The minimum Gasteiger partial charge on any atom is -0.466 e. The summed E-state index contributed by atoms with van der Waals surface area (Å²) in [7, 11) is 0. The molecule has 0 N–H and O–H groups in total. The summed E-state index contributed by atoms with van der Waals surface area (Å²) in [5.74, 6) is -0.00652. The third-order valence-electron chi connectivity index (χ3n) is 3.59. The van der Waals surface area contributed by atoms with Crippen molar-refractivity contribution >= 4 is 28.6 Å². The molecule has 0 aliphatic heterocycles. The van der Waals surface area contributed by atoms with E-state index in [1.165, 1.54) is 30.6 Å². The molecule has 0 aliphatic carbocycles. The quantitative estimate of drug-likeness (QED) is 0.713. The minimum absolute atomic E-state index is 0.110. The molecule has 2 aromatic rings. The predicted molar refractivity (Wildman–Crippen MR) is 90.7 cm³/mol. The first-order valence-electron chi connectivity index (χ1n) is 7.21. The van der Waals surface area contributed by atoms with Crippen LogP contribution in [0.4, 0.5) is 0 Å². The van der Waals surface area contributed by atoms with Gasteiger partial charge in [-0.2, -0.15) is 0 Å². The van der Waals surface area contributed by atoms with Crippen molar-refractivity contribution in [3.05, 3.63) is 42.8 Å². The number of esters is 1. The first-order valence-corrected chi connectivity index (χ1v) is 8.85. The number of hydrogen-bond donors (Lipinski definition) is 0. The van der Waals surface area contributed by atoms with Gasteiger partial charge in [-0.3, -0.25) is 4.79 Å². The topological polar surface area (TPSA) is 26.3 Å². The van der Waals surface area contributed by atoms with Crippen molar-refractivity contribution in [1.29, 1.82) is 0 Å². The normalized spacial score (nSPS) is 11.1. The maximum absolute atomic E-state index is 12.0. The number of ether oxygens (including phenoxy) is 1. The Morgan fingerprint density at radius 1 is 1.05 bits per heavy atom. The Hall–Kier alpha value is -1.13. The van der Waals surface area contributed by atoms with E-state index >= 15 is 0 Å². The van der Waals surface area contributed by atoms with E-state index in [0.717, 1.165) is 0 Å². The highest BCUT2D eigenvalue weighted by atomic mass is 32.1. The van der Waals surface area contributed by atoms with Crippen LogP contribution in [0, 0.1) is 27.7 Å². The Morgan fingerprint density at radius 2 is 1.52 bits per heavy atom. The molecule has 4 heteroatoms. The molecular formula is C17H22O2S2. The molecule has 0 atom stereocenters. The number of thiophene rings is 2. The molecule has 0 radical (unpaired) electrons. The lowest BCUT2D eigenvalue weighted by Gasteiger charge is -2.16. The zero-order valence-electron chi connectivity index (χ0n) is 13.3. The fraction of sp³-hybridized carbons (Fsp3) is 0.471. The molecule has 2 aromatic heterocycles. The Labute approximate surface area is 134 Å². The van der Waals surface area contributed by atoms with E-state index in [1.807, 2.05) is 6.92 Å². The van der Waals surface area contributed by atoms with Crippen molar-refractivity contribution in [2.24, 2.45) is 0 Å². The second-order valence-corrected chi connectivity index (χ2v) is 8.22. The summed E-state index contributed by atoms with van der Waals surface area (Å²) in [4.78, 5) is 17.2. The molecular weight excluding hydrogens is 300 g/mol. The van der Waals surface area contributed by atoms with Crippen LogP contribution < -0.4 is 0 Å². The van der Waals surface area contributed by atoms with Crippen molar-refractivity contribution in [3.63, 3.8) is 0 Å². The van der Waals surface area contributed by atoms with Gasteiger partial charge in [0.15, 0.2) is 0 Å². The monoisotopic (exact) mass is 322 g/mol. The fourth-order valence-corrected chi connectivity index (χ4v) is 4.74. The first kappa shape index (κ1) is 16.2. The van der Waals surface area contributed by atoms with Crippen LogP contribution in [0.5, 0.6) is 0 Å². The molecule has 0 saturated heterocycles. The van der Waals surface area contributed by atoms with Crippen LogP contribution in [-0.2, 0) is 9.53 Å². The van der Waals surface area contributed by atoms with Crippen molar-refractivity contribution in [2.75, 3.05) is 6.61 Å². The van der Waals surface area contributed by atoms with E-state index in [9.17, 15) is 4.79 Å². The summed E-state index contributed by atoms with van der Waals surface area (Å²) in [6.07, 6.45) is 0.419. The summed E-state index contributed by atoms with van der Waals surface area (Å²) in [6, 6.07) is 4.44. The summed E-state index contributed by atoms with van der Waals surface area (Å²) in [6.45, 7) is 10.8. The van der Waals surface area contributed by atoms with Gasteiger partial charge in [0, 0.05) is 25.4 Å². The molecule has 0 aromatic carbocycles. The zero-order valence-corrected chi connectivity index (χ0v) is 14.9. The smallest absolute Gasteiger partial charge is 0.306 e. The van der Waals surface area contributed by atoms with E-state index in [0.29, 0.717) is 13.0 Å². The second kappa shape index (κ2) is 6.75. The fourth-order valence-electron chi connectivity index (χ4n) is 2.77. The molecule has 0 bridgehead atoms.